The SMILES string of the molecule is Cc1cc(-c2ncn(CC(=O)Nc3ccc(-c4ccnc(C#N)c4)cn3)c2C)ccn1. The maximum atomic E-state index is 12.5. The van der Waals surface area contributed by atoms with E-state index in [1.807, 2.05) is 38.1 Å². The van der Waals surface area contributed by atoms with E-state index < -0.39 is 0 Å². The molecule has 1 amide bonds. The Kier molecular flexibility index (Phi) is 5.49. The van der Waals surface area contributed by atoms with Crippen molar-refractivity contribution in [2.45, 2.75) is 20.4 Å². The summed E-state index contributed by atoms with van der Waals surface area (Å²) in [4.78, 5) is 29.5. The molecule has 152 valence electrons. The first-order valence-electron chi connectivity index (χ1n) is 9.60. The van der Waals surface area contributed by atoms with E-state index in [4.69, 9.17) is 5.26 Å². The molecule has 8 heteroatoms. The number of nitrogens with one attached hydrogen (secondary N) is 1. The van der Waals surface area contributed by atoms with Gasteiger partial charge >= 0.3 is 0 Å². The minimum absolute atomic E-state index is 0.127. The van der Waals surface area contributed by atoms with Crippen LogP contribution >= 0.6 is 0 Å². The number of hydrogen-bond donors (Lipinski definition) is 1. The average Bonchev–Trinajstić information content (AvgIpc) is 3.14. The Morgan fingerprint density at radius 2 is 1.81 bits per heavy atom. The molecule has 0 saturated carbocycles. The molecule has 4 heterocycles. The molecule has 0 spiro atoms. The van der Waals surface area contributed by atoms with Gasteiger partial charge in [-0.05, 0) is 55.8 Å². The number of aromatic nitrogens is 5. The Morgan fingerprint density at radius 3 is 2.55 bits per heavy atom. The van der Waals surface area contributed by atoms with Crippen molar-refractivity contribution < 1.29 is 4.79 Å². The Hall–Kier alpha value is -4.38. The number of imidazole rings is 1. The minimum atomic E-state index is -0.200. The van der Waals surface area contributed by atoms with E-state index >= 15 is 0 Å². The highest BCUT2D eigenvalue weighted by Crippen LogP contribution is 2.22. The standard InChI is InChI=1S/C23H19N7O/c1-15-9-18(6-7-25-15)23-16(2)30(14-28-23)13-22(31)29-21-4-3-19(12-27-21)17-5-8-26-20(10-17)11-24/h3-10,12,14H,13H2,1-2H3,(H,27,29,31). The largest absolute Gasteiger partial charge is 0.325 e. The molecule has 0 saturated heterocycles. The second-order valence-corrected chi connectivity index (χ2v) is 7.01. The van der Waals surface area contributed by atoms with Crippen LogP contribution in [0.4, 0.5) is 5.82 Å². The summed E-state index contributed by atoms with van der Waals surface area (Å²) >= 11 is 0. The van der Waals surface area contributed by atoms with Gasteiger partial charge in [0.15, 0.2) is 0 Å². The van der Waals surface area contributed by atoms with Gasteiger partial charge in [-0.3, -0.25) is 9.78 Å². The van der Waals surface area contributed by atoms with E-state index in [-0.39, 0.29) is 12.5 Å². The molecule has 0 bridgehead atoms. The van der Waals surface area contributed by atoms with Gasteiger partial charge in [-0.1, -0.05) is 0 Å². The second-order valence-electron chi connectivity index (χ2n) is 7.01. The van der Waals surface area contributed by atoms with Crippen LogP contribution in [-0.2, 0) is 11.3 Å². The number of amides is 1. The summed E-state index contributed by atoms with van der Waals surface area (Å²) in [7, 11) is 0. The molecule has 4 aromatic heterocycles. The zero-order valence-electron chi connectivity index (χ0n) is 17.1. The quantitative estimate of drug-likeness (QED) is 0.540. The van der Waals surface area contributed by atoms with Crippen molar-refractivity contribution in [3.63, 3.8) is 0 Å². The molecule has 31 heavy (non-hydrogen) atoms. The summed E-state index contributed by atoms with van der Waals surface area (Å²) in [6.07, 6.45) is 6.64. The van der Waals surface area contributed by atoms with Gasteiger partial charge in [0.1, 0.15) is 24.1 Å². The molecule has 4 aromatic rings. The van der Waals surface area contributed by atoms with Crippen LogP contribution in [0.15, 0.2) is 61.3 Å². The number of rotatable bonds is 5. The predicted molar refractivity (Wildman–Crippen MR) is 116 cm³/mol. The number of carbonyl (C=O) groups excluding carboxylic acids is 1. The maximum absolute atomic E-state index is 12.5. The van der Waals surface area contributed by atoms with Gasteiger partial charge in [-0.25, -0.2) is 15.0 Å². The molecule has 0 fully saturated rings. The Bertz CT molecular complexity index is 1290. The van der Waals surface area contributed by atoms with Crippen LogP contribution < -0.4 is 5.32 Å². The Labute approximate surface area is 179 Å². The van der Waals surface area contributed by atoms with Crippen molar-refractivity contribution in [2.24, 2.45) is 0 Å². The smallest absolute Gasteiger partial charge is 0.245 e. The lowest BCUT2D eigenvalue weighted by atomic mass is 10.1. The van der Waals surface area contributed by atoms with E-state index in [9.17, 15) is 4.79 Å². The summed E-state index contributed by atoms with van der Waals surface area (Å²) in [5, 5.41) is 11.8. The Morgan fingerprint density at radius 1 is 1.00 bits per heavy atom. The third kappa shape index (κ3) is 4.46. The third-order valence-electron chi connectivity index (χ3n) is 4.82. The number of pyridine rings is 3. The van der Waals surface area contributed by atoms with E-state index in [1.54, 1.807) is 47.7 Å². The van der Waals surface area contributed by atoms with Crippen LogP contribution in [-0.4, -0.2) is 30.4 Å². The van der Waals surface area contributed by atoms with Gasteiger partial charge in [0.05, 0.1) is 12.0 Å². The molecule has 0 aromatic carbocycles. The van der Waals surface area contributed by atoms with Crippen LogP contribution in [0.1, 0.15) is 17.1 Å². The molecule has 0 unspecified atom stereocenters. The average molecular weight is 409 g/mol. The van der Waals surface area contributed by atoms with Gasteiger partial charge in [-0.2, -0.15) is 5.26 Å². The van der Waals surface area contributed by atoms with Crippen LogP contribution in [0.5, 0.6) is 0 Å². The number of anilines is 1. The molecule has 0 aliphatic rings. The highest BCUT2D eigenvalue weighted by molar-refractivity contribution is 5.90. The van der Waals surface area contributed by atoms with E-state index in [1.165, 1.54) is 0 Å². The van der Waals surface area contributed by atoms with E-state index in [0.717, 1.165) is 33.8 Å². The number of aryl methyl sites for hydroxylation is 1. The fourth-order valence-corrected chi connectivity index (χ4v) is 3.23. The molecular formula is C23H19N7O. The van der Waals surface area contributed by atoms with Crippen molar-refractivity contribution in [3.8, 4) is 28.5 Å². The van der Waals surface area contributed by atoms with Crippen LogP contribution in [0, 0.1) is 25.2 Å². The maximum Gasteiger partial charge on any atom is 0.245 e. The van der Waals surface area contributed by atoms with E-state index in [0.29, 0.717) is 11.5 Å². The topological polar surface area (TPSA) is 109 Å². The molecular weight excluding hydrogens is 390 g/mol. The van der Waals surface area contributed by atoms with E-state index in [2.05, 4.69) is 25.3 Å². The monoisotopic (exact) mass is 409 g/mol. The highest BCUT2D eigenvalue weighted by atomic mass is 16.2. The molecule has 0 aliphatic heterocycles. The van der Waals surface area contributed by atoms with Crippen molar-refractivity contribution in [3.05, 3.63) is 78.4 Å². The molecule has 4 rings (SSSR count). The molecule has 1 N–H and O–H groups in total. The van der Waals surface area contributed by atoms with Crippen LogP contribution in [0.2, 0.25) is 0 Å². The number of carbonyl (C=O) groups is 1. The Balaban J connectivity index is 1.44. The van der Waals surface area contributed by atoms with Gasteiger partial charge in [0.25, 0.3) is 0 Å². The molecule has 0 aliphatic carbocycles. The zero-order chi connectivity index (χ0) is 21.8. The summed E-state index contributed by atoms with van der Waals surface area (Å²) < 4.78 is 1.80. The van der Waals surface area contributed by atoms with Crippen LogP contribution in [0.3, 0.4) is 0 Å². The summed E-state index contributed by atoms with van der Waals surface area (Å²) in [6, 6.07) is 13.0. The van der Waals surface area contributed by atoms with Crippen molar-refractivity contribution in [1.82, 2.24) is 24.5 Å². The fourth-order valence-electron chi connectivity index (χ4n) is 3.23. The van der Waals surface area contributed by atoms with Crippen molar-refractivity contribution in [1.29, 1.82) is 5.26 Å². The number of nitrogens with zero attached hydrogens (tertiary/aromatic N) is 6. The zero-order valence-corrected chi connectivity index (χ0v) is 17.1. The van der Waals surface area contributed by atoms with Gasteiger partial charge in [0.2, 0.25) is 5.91 Å². The summed E-state index contributed by atoms with van der Waals surface area (Å²) in [5.74, 6) is 0.250. The molecule has 0 radical (unpaired) electrons. The van der Waals surface area contributed by atoms with Crippen molar-refractivity contribution in [2.75, 3.05) is 5.32 Å². The number of nitriles is 1. The first kappa shape index (κ1) is 19.9. The second kappa shape index (κ2) is 8.55. The number of hydrogen-bond acceptors (Lipinski definition) is 6. The molecule has 8 nitrogen and oxygen atoms in total. The third-order valence-corrected chi connectivity index (χ3v) is 4.82. The normalized spacial score (nSPS) is 10.5. The predicted octanol–water partition coefficient (Wildman–Crippen LogP) is 3.53. The lowest BCUT2D eigenvalue weighted by Gasteiger charge is -2.08. The first-order valence-corrected chi connectivity index (χ1v) is 9.60. The van der Waals surface area contributed by atoms with Gasteiger partial charge in [-0.15, -0.1) is 0 Å². The van der Waals surface area contributed by atoms with Gasteiger partial charge < -0.3 is 9.88 Å². The van der Waals surface area contributed by atoms with Gasteiger partial charge in [0, 0.05) is 41.1 Å². The lowest BCUT2D eigenvalue weighted by Crippen LogP contribution is -2.19. The minimum Gasteiger partial charge on any atom is -0.325 e. The fraction of sp³-hybridized carbons (Fsp3) is 0.130. The summed E-state index contributed by atoms with van der Waals surface area (Å²) in [6.45, 7) is 3.99. The van der Waals surface area contributed by atoms with Crippen molar-refractivity contribution >= 4 is 11.7 Å². The summed E-state index contributed by atoms with van der Waals surface area (Å²) in [5.41, 5.74) is 5.62. The molecule has 0 atom stereocenters. The highest BCUT2D eigenvalue weighted by Gasteiger charge is 2.12. The van der Waals surface area contributed by atoms with Crippen LogP contribution in [0.25, 0.3) is 22.4 Å². The lowest BCUT2D eigenvalue weighted by molar-refractivity contribution is -0.116. The first-order chi connectivity index (χ1) is 15.0.